The molecule has 44 heavy (non-hydrogen) atoms. The summed E-state index contributed by atoms with van der Waals surface area (Å²) in [6.45, 7) is 17.0. The molecule has 1 N–H and O–H groups in total. The summed E-state index contributed by atoms with van der Waals surface area (Å²) >= 11 is 0. The topological polar surface area (TPSA) is 121 Å². The van der Waals surface area contributed by atoms with Crippen LogP contribution in [0.25, 0.3) is 0 Å². The minimum absolute atomic E-state index is 0.0923. The van der Waals surface area contributed by atoms with E-state index in [1.807, 2.05) is 33.1 Å². The van der Waals surface area contributed by atoms with E-state index in [1.165, 1.54) is 0 Å². The summed E-state index contributed by atoms with van der Waals surface area (Å²) in [6.07, 6.45) is 4.73. The van der Waals surface area contributed by atoms with Crippen molar-refractivity contribution in [3.8, 4) is 0 Å². The standard InChI is InChI=1S/C8H16N2O.3C8H15NO2/c1-3-7-6-10(2)8(11)4-5-9-7;2*1-4-7-5-9(3)8(10)6(2)11-7;1-3-7-4-9(2)8(10)6-11-5-7/h7,9H,3-6H2,1-2H3;2*6-7H,4-5H2,1-3H3;7H,3-6H2,1-2H3/t7-;6-,7+;6-,7-;7-/m1011/s1. The Kier molecular flexibility index (Phi) is 18.7. The van der Waals surface area contributed by atoms with Crippen molar-refractivity contribution in [3.05, 3.63) is 0 Å². The van der Waals surface area contributed by atoms with Gasteiger partial charge >= 0.3 is 0 Å². The van der Waals surface area contributed by atoms with Crippen molar-refractivity contribution in [2.45, 2.75) is 104 Å². The molecule has 0 aromatic heterocycles. The zero-order valence-corrected chi connectivity index (χ0v) is 29.1. The quantitative estimate of drug-likeness (QED) is 0.503. The van der Waals surface area contributed by atoms with Crippen LogP contribution in [0.1, 0.15) is 73.6 Å². The first-order valence-electron chi connectivity index (χ1n) is 16.4. The SMILES string of the molecule is CC[C@@H]1CN(C)C(=O)CCN1.CC[C@@H]1CN(C)C(=O)[C@@H](C)O1.CC[C@@H]1CN(C)C(=O)[C@H](C)O1.CC[C@H]1COCC(=O)N(C)C1. The van der Waals surface area contributed by atoms with Crippen LogP contribution in [0.15, 0.2) is 0 Å². The van der Waals surface area contributed by atoms with Crippen molar-refractivity contribution in [1.82, 2.24) is 24.9 Å². The Morgan fingerprint density at radius 3 is 1.59 bits per heavy atom. The maximum atomic E-state index is 11.2. The molecule has 0 aromatic rings. The van der Waals surface area contributed by atoms with Gasteiger partial charge in [0.05, 0.1) is 18.8 Å². The summed E-state index contributed by atoms with van der Waals surface area (Å²) in [4.78, 5) is 51.7. The fourth-order valence-corrected chi connectivity index (χ4v) is 5.20. The lowest BCUT2D eigenvalue weighted by Gasteiger charge is -2.33. The Hall–Kier alpha value is -2.28. The van der Waals surface area contributed by atoms with Crippen LogP contribution in [0.4, 0.5) is 0 Å². The highest BCUT2D eigenvalue weighted by Gasteiger charge is 2.29. The Morgan fingerprint density at radius 2 is 1.16 bits per heavy atom. The van der Waals surface area contributed by atoms with Crippen molar-refractivity contribution in [1.29, 1.82) is 0 Å². The van der Waals surface area contributed by atoms with Gasteiger partial charge in [0, 0.05) is 73.4 Å². The van der Waals surface area contributed by atoms with Crippen molar-refractivity contribution in [2.75, 3.05) is 74.1 Å². The summed E-state index contributed by atoms with van der Waals surface area (Å²) in [7, 11) is 7.35. The van der Waals surface area contributed by atoms with Gasteiger partial charge in [-0.1, -0.05) is 27.7 Å². The predicted molar refractivity (Wildman–Crippen MR) is 171 cm³/mol. The summed E-state index contributed by atoms with van der Waals surface area (Å²) in [5, 5.41) is 3.33. The van der Waals surface area contributed by atoms with Gasteiger partial charge in [-0.2, -0.15) is 0 Å². The van der Waals surface area contributed by atoms with E-state index in [0.29, 0.717) is 18.4 Å². The Morgan fingerprint density at radius 1 is 0.659 bits per heavy atom. The van der Waals surface area contributed by atoms with Gasteiger partial charge in [-0.05, 0) is 45.4 Å². The minimum Gasteiger partial charge on any atom is -0.371 e. The molecule has 0 spiro atoms. The second kappa shape index (κ2) is 20.7. The highest BCUT2D eigenvalue weighted by atomic mass is 16.5. The Balaban J connectivity index is 0.000000293. The van der Waals surface area contributed by atoms with Crippen LogP contribution in [0.3, 0.4) is 0 Å². The molecule has 4 amide bonds. The molecule has 4 aliphatic rings. The van der Waals surface area contributed by atoms with Crippen LogP contribution < -0.4 is 5.32 Å². The number of amides is 4. The van der Waals surface area contributed by atoms with Gasteiger partial charge in [-0.15, -0.1) is 0 Å². The molecule has 4 fully saturated rings. The fraction of sp³-hybridized carbons (Fsp3) is 0.875. The lowest BCUT2D eigenvalue weighted by atomic mass is 10.1. The third kappa shape index (κ3) is 13.8. The number of carbonyl (C=O) groups is 4. The van der Waals surface area contributed by atoms with Gasteiger partial charge in [0.2, 0.25) is 11.8 Å². The number of hydrogen-bond acceptors (Lipinski definition) is 8. The number of nitrogens with one attached hydrogen (secondary N) is 1. The van der Waals surface area contributed by atoms with Crippen molar-refractivity contribution < 1.29 is 33.4 Å². The zero-order chi connectivity index (χ0) is 33.4. The first kappa shape index (κ1) is 39.7. The second-order valence-corrected chi connectivity index (χ2v) is 12.2. The monoisotopic (exact) mass is 627 g/mol. The first-order valence-corrected chi connectivity index (χ1v) is 16.4. The molecule has 0 aliphatic carbocycles. The number of hydrogen-bond donors (Lipinski definition) is 1. The van der Waals surface area contributed by atoms with Gasteiger partial charge in [0.15, 0.2) is 0 Å². The number of morpholine rings is 2. The molecule has 0 saturated carbocycles. The molecule has 4 heterocycles. The predicted octanol–water partition coefficient (Wildman–Crippen LogP) is 2.00. The van der Waals surface area contributed by atoms with E-state index in [9.17, 15) is 19.2 Å². The van der Waals surface area contributed by atoms with Crippen LogP contribution in [0, 0.1) is 5.92 Å². The number of carbonyl (C=O) groups excluding carboxylic acids is 4. The minimum atomic E-state index is -0.251. The van der Waals surface area contributed by atoms with E-state index in [0.717, 1.165) is 65.0 Å². The van der Waals surface area contributed by atoms with Gasteiger partial charge in [-0.25, -0.2) is 0 Å². The van der Waals surface area contributed by atoms with Crippen LogP contribution >= 0.6 is 0 Å². The molecular formula is C32H61N5O7. The molecule has 4 rings (SSSR count). The molecule has 0 aromatic carbocycles. The average molecular weight is 628 g/mol. The maximum absolute atomic E-state index is 11.2. The molecule has 6 atom stereocenters. The highest BCUT2D eigenvalue weighted by Crippen LogP contribution is 2.14. The first-order chi connectivity index (χ1) is 20.8. The summed E-state index contributed by atoms with van der Waals surface area (Å²) < 4.78 is 16.0. The summed E-state index contributed by atoms with van der Waals surface area (Å²) in [6, 6.07) is 0.492. The molecule has 256 valence electrons. The molecule has 12 heteroatoms. The van der Waals surface area contributed by atoms with E-state index in [2.05, 4.69) is 33.0 Å². The number of likely N-dealkylation sites (N-methyl/N-ethyl adjacent to an activating group) is 4. The normalized spacial score (nSPS) is 29.8. The van der Waals surface area contributed by atoms with E-state index >= 15 is 0 Å². The average Bonchev–Trinajstić information content (AvgIpc) is 3.28. The van der Waals surface area contributed by atoms with E-state index in [4.69, 9.17) is 14.2 Å². The van der Waals surface area contributed by atoms with Gasteiger partial charge in [0.25, 0.3) is 11.8 Å². The van der Waals surface area contributed by atoms with Crippen molar-refractivity contribution >= 4 is 23.6 Å². The lowest BCUT2D eigenvalue weighted by Crippen LogP contribution is -2.48. The molecule has 0 bridgehead atoms. The number of ether oxygens (including phenoxy) is 3. The maximum Gasteiger partial charge on any atom is 0.251 e. The molecular weight excluding hydrogens is 566 g/mol. The van der Waals surface area contributed by atoms with E-state index < -0.39 is 0 Å². The number of nitrogens with zero attached hydrogens (tertiary/aromatic N) is 4. The molecule has 12 nitrogen and oxygen atoms in total. The third-order valence-electron chi connectivity index (χ3n) is 8.41. The lowest BCUT2D eigenvalue weighted by molar-refractivity contribution is -0.158. The van der Waals surface area contributed by atoms with Gasteiger partial charge in [-0.3, -0.25) is 19.2 Å². The Bertz CT molecular complexity index is 789. The van der Waals surface area contributed by atoms with E-state index in [1.54, 1.807) is 28.5 Å². The summed E-state index contributed by atoms with van der Waals surface area (Å²) in [5.74, 6) is 1.06. The molecule has 4 aliphatic heterocycles. The van der Waals surface area contributed by atoms with Crippen molar-refractivity contribution in [2.24, 2.45) is 5.92 Å². The van der Waals surface area contributed by atoms with Gasteiger partial charge in [0.1, 0.15) is 18.8 Å². The molecule has 0 unspecified atom stereocenters. The van der Waals surface area contributed by atoms with Gasteiger partial charge < -0.3 is 39.1 Å². The molecule has 4 saturated heterocycles. The molecule has 0 radical (unpaired) electrons. The third-order valence-corrected chi connectivity index (χ3v) is 8.41. The second-order valence-electron chi connectivity index (χ2n) is 12.2. The van der Waals surface area contributed by atoms with Crippen molar-refractivity contribution in [3.63, 3.8) is 0 Å². The van der Waals surface area contributed by atoms with Crippen LogP contribution in [-0.2, 0) is 33.4 Å². The fourth-order valence-electron chi connectivity index (χ4n) is 5.20. The largest absolute Gasteiger partial charge is 0.371 e. The highest BCUT2D eigenvalue weighted by molar-refractivity contribution is 5.81. The van der Waals surface area contributed by atoms with Crippen LogP contribution in [0.5, 0.6) is 0 Å². The Labute approximate surface area is 266 Å². The smallest absolute Gasteiger partial charge is 0.251 e. The number of rotatable bonds is 4. The van der Waals surface area contributed by atoms with E-state index in [-0.39, 0.29) is 54.7 Å². The van der Waals surface area contributed by atoms with Crippen LogP contribution in [-0.4, -0.2) is 148 Å². The zero-order valence-electron chi connectivity index (χ0n) is 29.1. The van der Waals surface area contributed by atoms with Crippen LogP contribution in [0.2, 0.25) is 0 Å². The summed E-state index contributed by atoms with van der Waals surface area (Å²) in [5.41, 5.74) is 0.